The minimum atomic E-state index is -0.0845. The van der Waals surface area contributed by atoms with E-state index in [0.717, 1.165) is 30.7 Å². The van der Waals surface area contributed by atoms with Crippen molar-refractivity contribution in [2.24, 2.45) is 16.8 Å². The first kappa shape index (κ1) is 12.8. The van der Waals surface area contributed by atoms with E-state index < -0.39 is 0 Å². The van der Waals surface area contributed by atoms with Crippen LogP contribution in [-0.4, -0.2) is 18.2 Å². The van der Waals surface area contributed by atoms with Crippen LogP contribution in [0.2, 0.25) is 0 Å². The molecule has 1 aromatic carbocycles. The van der Waals surface area contributed by atoms with Crippen LogP contribution in [0.4, 0.5) is 5.69 Å². The van der Waals surface area contributed by atoms with Crippen LogP contribution in [0.5, 0.6) is 0 Å². The Morgan fingerprint density at radius 3 is 2.67 bits per heavy atom. The fourth-order valence-corrected chi connectivity index (χ4v) is 2.22. The minimum Gasteiger partial charge on any atom is -0.330 e. The molecule has 0 aliphatic carbocycles. The second-order valence-corrected chi connectivity index (χ2v) is 4.41. The van der Waals surface area contributed by atoms with Crippen LogP contribution in [0.1, 0.15) is 26.2 Å². The molecule has 4 heteroatoms. The lowest BCUT2D eigenvalue weighted by Crippen LogP contribution is -2.27. The molecule has 4 nitrogen and oxygen atoms in total. The molecule has 0 spiro atoms. The number of nitrogens with two attached hydrogens (primary N) is 1. The van der Waals surface area contributed by atoms with Crippen molar-refractivity contribution >= 4 is 17.3 Å². The lowest BCUT2D eigenvalue weighted by atomic mass is 9.96. The van der Waals surface area contributed by atoms with Gasteiger partial charge in [-0.1, -0.05) is 25.1 Å². The molecule has 1 aliphatic heterocycles. The molecular weight excluding hydrogens is 226 g/mol. The summed E-state index contributed by atoms with van der Waals surface area (Å²) in [7, 11) is 0. The number of hydrogen-bond acceptors (Lipinski definition) is 3. The predicted molar refractivity (Wildman–Crippen MR) is 73.4 cm³/mol. The zero-order valence-corrected chi connectivity index (χ0v) is 10.7. The van der Waals surface area contributed by atoms with Gasteiger partial charge in [0, 0.05) is 0 Å². The van der Waals surface area contributed by atoms with Crippen LogP contribution < -0.4 is 10.7 Å². The van der Waals surface area contributed by atoms with Crippen LogP contribution in [0.25, 0.3) is 0 Å². The smallest absolute Gasteiger partial charge is 0.256 e. The molecule has 0 bridgehead atoms. The zero-order valence-electron chi connectivity index (χ0n) is 10.7. The van der Waals surface area contributed by atoms with Gasteiger partial charge >= 0.3 is 0 Å². The maximum absolute atomic E-state index is 12.4. The quantitative estimate of drug-likeness (QED) is 0.864. The molecule has 0 saturated heterocycles. The predicted octanol–water partition coefficient (Wildman–Crippen LogP) is 2.15. The van der Waals surface area contributed by atoms with Crippen LogP contribution in [0.15, 0.2) is 35.4 Å². The molecule has 0 fully saturated rings. The van der Waals surface area contributed by atoms with Crippen LogP contribution in [0, 0.1) is 5.92 Å². The number of nitrogens with zero attached hydrogens (tertiary/aromatic N) is 2. The van der Waals surface area contributed by atoms with E-state index in [1.165, 1.54) is 5.01 Å². The van der Waals surface area contributed by atoms with Gasteiger partial charge in [-0.25, -0.2) is 5.01 Å². The van der Waals surface area contributed by atoms with Gasteiger partial charge in [0.1, 0.15) is 0 Å². The lowest BCUT2D eigenvalue weighted by Gasteiger charge is -2.14. The fourth-order valence-electron chi connectivity index (χ4n) is 2.22. The number of hydrogen-bond donors (Lipinski definition) is 1. The van der Waals surface area contributed by atoms with Crippen molar-refractivity contribution in [2.45, 2.75) is 26.2 Å². The largest absolute Gasteiger partial charge is 0.330 e. The molecule has 0 saturated carbocycles. The molecule has 1 aromatic rings. The molecule has 2 N–H and O–H groups in total. The van der Waals surface area contributed by atoms with E-state index in [4.69, 9.17) is 5.73 Å². The number of amides is 1. The summed E-state index contributed by atoms with van der Waals surface area (Å²) in [4.78, 5) is 12.4. The van der Waals surface area contributed by atoms with Gasteiger partial charge in [0.15, 0.2) is 0 Å². The van der Waals surface area contributed by atoms with Crippen molar-refractivity contribution in [2.75, 3.05) is 11.6 Å². The van der Waals surface area contributed by atoms with Crippen LogP contribution in [0.3, 0.4) is 0 Å². The van der Waals surface area contributed by atoms with Gasteiger partial charge in [-0.15, -0.1) is 0 Å². The third kappa shape index (κ3) is 2.43. The SMILES string of the molecule is CCC1=NN(c2ccccc2)C(=O)C1CCCN. The van der Waals surface area contributed by atoms with Gasteiger partial charge in [-0.05, 0) is 37.9 Å². The van der Waals surface area contributed by atoms with E-state index in [2.05, 4.69) is 5.10 Å². The second-order valence-electron chi connectivity index (χ2n) is 4.41. The Balaban J connectivity index is 2.20. The van der Waals surface area contributed by atoms with E-state index in [1.54, 1.807) is 0 Å². The fraction of sp³-hybridized carbons (Fsp3) is 0.429. The van der Waals surface area contributed by atoms with Gasteiger partial charge in [0.25, 0.3) is 5.91 Å². The first-order valence-electron chi connectivity index (χ1n) is 6.44. The summed E-state index contributed by atoms with van der Waals surface area (Å²) >= 11 is 0. The highest BCUT2D eigenvalue weighted by atomic mass is 16.2. The Morgan fingerprint density at radius 1 is 1.33 bits per heavy atom. The van der Waals surface area contributed by atoms with Crippen molar-refractivity contribution in [3.05, 3.63) is 30.3 Å². The number of anilines is 1. The molecule has 1 atom stereocenters. The molecule has 0 radical (unpaired) electrons. The average molecular weight is 245 g/mol. The Labute approximate surface area is 107 Å². The summed E-state index contributed by atoms with van der Waals surface area (Å²) in [5.74, 6) is -0.00902. The Bertz CT molecular complexity index is 442. The highest BCUT2D eigenvalue weighted by Crippen LogP contribution is 2.27. The van der Waals surface area contributed by atoms with E-state index in [0.29, 0.717) is 6.54 Å². The lowest BCUT2D eigenvalue weighted by molar-refractivity contribution is -0.119. The highest BCUT2D eigenvalue weighted by Gasteiger charge is 2.34. The van der Waals surface area contributed by atoms with Crippen LogP contribution in [-0.2, 0) is 4.79 Å². The van der Waals surface area contributed by atoms with E-state index >= 15 is 0 Å². The Morgan fingerprint density at radius 2 is 2.06 bits per heavy atom. The molecule has 18 heavy (non-hydrogen) atoms. The summed E-state index contributed by atoms with van der Waals surface area (Å²) in [5.41, 5.74) is 7.33. The van der Waals surface area contributed by atoms with Crippen molar-refractivity contribution in [3.63, 3.8) is 0 Å². The van der Waals surface area contributed by atoms with Gasteiger partial charge in [-0.3, -0.25) is 4.79 Å². The number of carbonyl (C=O) groups excluding carboxylic acids is 1. The van der Waals surface area contributed by atoms with E-state index in [1.807, 2.05) is 37.3 Å². The summed E-state index contributed by atoms with van der Waals surface area (Å²) in [6.07, 6.45) is 2.47. The third-order valence-corrected chi connectivity index (χ3v) is 3.20. The maximum atomic E-state index is 12.4. The van der Waals surface area contributed by atoms with Crippen molar-refractivity contribution < 1.29 is 4.79 Å². The topological polar surface area (TPSA) is 58.7 Å². The first-order valence-corrected chi connectivity index (χ1v) is 6.44. The summed E-state index contributed by atoms with van der Waals surface area (Å²) in [6, 6.07) is 9.56. The number of hydrazone groups is 1. The number of para-hydroxylation sites is 1. The number of rotatable bonds is 5. The molecule has 1 aliphatic rings. The zero-order chi connectivity index (χ0) is 13.0. The molecule has 1 unspecified atom stereocenters. The van der Waals surface area contributed by atoms with Crippen molar-refractivity contribution in [1.82, 2.24) is 0 Å². The summed E-state index contributed by atoms with van der Waals surface area (Å²) in [6.45, 7) is 2.65. The monoisotopic (exact) mass is 245 g/mol. The second kappa shape index (κ2) is 5.78. The van der Waals surface area contributed by atoms with Crippen molar-refractivity contribution in [1.29, 1.82) is 0 Å². The molecule has 2 rings (SSSR count). The Hall–Kier alpha value is -1.68. The van der Waals surface area contributed by atoms with Gasteiger partial charge in [-0.2, -0.15) is 5.10 Å². The normalized spacial score (nSPS) is 19.2. The molecule has 1 heterocycles. The van der Waals surface area contributed by atoms with Crippen LogP contribution >= 0.6 is 0 Å². The Kier molecular flexibility index (Phi) is 4.10. The number of benzene rings is 1. The average Bonchev–Trinajstić information content (AvgIpc) is 2.74. The van der Waals surface area contributed by atoms with Crippen molar-refractivity contribution in [3.8, 4) is 0 Å². The third-order valence-electron chi connectivity index (χ3n) is 3.20. The molecule has 1 amide bonds. The van der Waals surface area contributed by atoms with E-state index in [9.17, 15) is 4.79 Å². The summed E-state index contributed by atoms with van der Waals surface area (Å²) in [5, 5.41) is 5.98. The van der Waals surface area contributed by atoms with Gasteiger partial charge < -0.3 is 5.73 Å². The molecule has 96 valence electrons. The van der Waals surface area contributed by atoms with E-state index in [-0.39, 0.29) is 11.8 Å². The minimum absolute atomic E-state index is 0.0755. The highest BCUT2D eigenvalue weighted by molar-refractivity contribution is 6.15. The number of carbonyl (C=O) groups is 1. The maximum Gasteiger partial charge on any atom is 0.256 e. The summed E-state index contributed by atoms with van der Waals surface area (Å²) < 4.78 is 0. The first-order chi connectivity index (χ1) is 8.77. The van der Waals surface area contributed by atoms with Gasteiger partial charge in [0.2, 0.25) is 0 Å². The van der Waals surface area contributed by atoms with Gasteiger partial charge in [0.05, 0.1) is 17.3 Å². The standard InChI is InChI=1S/C14H19N3O/c1-2-13-12(9-6-10-15)14(18)17(16-13)11-7-4-3-5-8-11/h3-5,7-8,12H,2,6,9-10,15H2,1H3. The molecular formula is C14H19N3O. The molecule has 0 aromatic heterocycles.